The maximum atomic E-state index is 10.9. The van der Waals surface area contributed by atoms with Crippen LogP contribution >= 0.6 is 0 Å². The Kier molecular flexibility index (Phi) is 6.13. The summed E-state index contributed by atoms with van der Waals surface area (Å²) in [6.45, 7) is 0.363. The standard InChI is InChI=1S/C28H23N3O4/c1-31-16-7-5-14-24(31)27-26(23-13-4-6-15-29-23)30-28(35-27)22-12-3-2-11-21(22)19-9-8-10-20(17-19)34-18-25(32)33/h2-15,17H,16,18H2,1H3,(H,32,33). The smallest absolute Gasteiger partial charge is 0.341 e. The molecule has 2 aromatic heterocycles. The molecule has 0 aliphatic carbocycles. The number of carboxylic acids is 1. The molecule has 3 heterocycles. The second-order valence-electron chi connectivity index (χ2n) is 8.03. The van der Waals surface area contributed by atoms with E-state index in [4.69, 9.17) is 19.2 Å². The number of carbonyl (C=O) groups is 1. The van der Waals surface area contributed by atoms with Gasteiger partial charge in [-0.05, 0) is 47.5 Å². The first kappa shape index (κ1) is 22.2. The number of likely N-dealkylation sites (N-methyl/N-ethyl adjacent to an activating group) is 1. The molecule has 0 atom stereocenters. The van der Waals surface area contributed by atoms with Gasteiger partial charge in [0.15, 0.2) is 12.4 Å². The molecular formula is C28H23N3O4. The highest BCUT2D eigenvalue weighted by molar-refractivity contribution is 5.83. The molecule has 1 aliphatic heterocycles. The van der Waals surface area contributed by atoms with Gasteiger partial charge in [-0.1, -0.05) is 48.6 Å². The van der Waals surface area contributed by atoms with E-state index in [0.29, 0.717) is 23.1 Å². The summed E-state index contributed by atoms with van der Waals surface area (Å²) in [4.78, 5) is 22.4. The van der Waals surface area contributed by atoms with Crippen molar-refractivity contribution in [3.63, 3.8) is 0 Å². The van der Waals surface area contributed by atoms with Crippen LogP contribution in [0.3, 0.4) is 0 Å². The number of nitrogens with zero attached hydrogens (tertiary/aromatic N) is 3. The molecule has 5 rings (SSSR count). The first-order valence-electron chi connectivity index (χ1n) is 11.1. The molecule has 2 aromatic carbocycles. The number of hydrogen-bond acceptors (Lipinski definition) is 6. The Morgan fingerprint density at radius 2 is 1.91 bits per heavy atom. The summed E-state index contributed by atoms with van der Waals surface area (Å²) < 4.78 is 11.8. The van der Waals surface area contributed by atoms with Crippen molar-refractivity contribution in [3.8, 4) is 39.7 Å². The van der Waals surface area contributed by atoms with Crippen LogP contribution in [0.5, 0.6) is 5.75 Å². The van der Waals surface area contributed by atoms with Gasteiger partial charge in [-0.15, -0.1) is 0 Å². The van der Waals surface area contributed by atoms with E-state index < -0.39 is 12.6 Å². The van der Waals surface area contributed by atoms with Crippen molar-refractivity contribution in [2.45, 2.75) is 0 Å². The third-order valence-electron chi connectivity index (χ3n) is 5.61. The van der Waals surface area contributed by atoms with Gasteiger partial charge in [0, 0.05) is 25.4 Å². The minimum absolute atomic E-state index is 0.404. The molecular weight excluding hydrogens is 442 g/mol. The van der Waals surface area contributed by atoms with E-state index in [9.17, 15) is 4.79 Å². The van der Waals surface area contributed by atoms with Gasteiger partial charge in [-0.2, -0.15) is 0 Å². The average Bonchev–Trinajstić information content (AvgIpc) is 3.33. The van der Waals surface area contributed by atoms with Crippen LogP contribution in [-0.2, 0) is 4.79 Å². The van der Waals surface area contributed by atoms with E-state index in [1.807, 2.05) is 79.9 Å². The molecule has 0 bridgehead atoms. The van der Waals surface area contributed by atoms with Crippen molar-refractivity contribution in [2.75, 3.05) is 20.2 Å². The monoisotopic (exact) mass is 465 g/mol. The van der Waals surface area contributed by atoms with Gasteiger partial charge in [0.2, 0.25) is 5.89 Å². The molecule has 1 aliphatic rings. The van der Waals surface area contributed by atoms with Crippen molar-refractivity contribution in [1.82, 2.24) is 14.9 Å². The molecule has 0 radical (unpaired) electrons. The molecule has 1 N–H and O–H groups in total. The summed E-state index contributed by atoms with van der Waals surface area (Å²) in [5, 5.41) is 8.94. The number of aromatic nitrogens is 2. The van der Waals surface area contributed by atoms with Crippen LogP contribution in [0.2, 0.25) is 0 Å². The summed E-state index contributed by atoms with van der Waals surface area (Å²) in [5.41, 5.74) is 4.87. The molecule has 0 fully saturated rings. The summed E-state index contributed by atoms with van der Waals surface area (Å²) in [6.07, 6.45) is 7.84. The topological polar surface area (TPSA) is 88.7 Å². The molecule has 174 valence electrons. The minimum Gasteiger partial charge on any atom is -0.482 e. The van der Waals surface area contributed by atoms with E-state index in [-0.39, 0.29) is 0 Å². The van der Waals surface area contributed by atoms with Crippen molar-refractivity contribution < 1.29 is 19.1 Å². The quantitative estimate of drug-likeness (QED) is 0.392. The summed E-state index contributed by atoms with van der Waals surface area (Å²) in [6, 6.07) is 20.8. The van der Waals surface area contributed by atoms with Crippen LogP contribution in [0.15, 0.2) is 95.6 Å². The minimum atomic E-state index is -1.03. The number of oxazole rings is 1. The number of benzene rings is 2. The number of hydrogen-bond donors (Lipinski definition) is 1. The maximum Gasteiger partial charge on any atom is 0.341 e. The van der Waals surface area contributed by atoms with Gasteiger partial charge < -0.3 is 19.2 Å². The van der Waals surface area contributed by atoms with E-state index in [1.54, 1.807) is 12.3 Å². The highest BCUT2D eigenvalue weighted by Crippen LogP contribution is 2.38. The highest BCUT2D eigenvalue weighted by atomic mass is 16.5. The summed E-state index contributed by atoms with van der Waals surface area (Å²) >= 11 is 0. The Bertz CT molecular complexity index is 1420. The molecule has 0 saturated carbocycles. The lowest BCUT2D eigenvalue weighted by molar-refractivity contribution is -0.139. The van der Waals surface area contributed by atoms with Crippen molar-refractivity contribution in [1.29, 1.82) is 0 Å². The number of rotatable bonds is 7. The lowest BCUT2D eigenvalue weighted by Crippen LogP contribution is -2.18. The van der Waals surface area contributed by atoms with E-state index in [0.717, 1.165) is 34.6 Å². The summed E-state index contributed by atoms with van der Waals surface area (Å²) in [7, 11) is 2.01. The Hall–Kier alpha value is -4.65. The molecule has 7 nitrogen and oxygen atoms in total. The normalized spacial score (nSPS) is 12.9. The van der Waals surface area contributed by atoms with Crippen molar-refractivity contribution in [2.24, 2.45) is 0 Å². The number of carboxylic acid groups (broad SMARTS) is 1. The third-order valence-corrected chi connectivity index (χ3v) is 5.61. The van der Waals surface area contributed by atoms with Crippen LogP contribution in [-0.4, -0.2) is 46.1 Å². The highest BCUT2D eigenvalue weighted by Gasteiger charge is 2.24. The summed E-state index contributed by atoms with van der Waals surface area (Å²) in [5.74, 6) is 0.570. The fourth-order valence-corrected chi connectivity index (χ4v) is 3.96. The largest absolute Gasteiger partial charge is 0.482 e. The van der Waals surface area contributed by atoms with Gasteiger partial charge in [-0.3, -0.25) is 4.98 Å². The van der Waals surface area contributed by atoms with Crippen LogP contribution in [0.1, 0.15) is 5.76 Å². The van der Waals surface area contributed by atoms with Crippen molar-refractivity contribution in [3.05, 3.63) is 96.9 Å². The Balaban J connectivity index is 1.62. The Morgan fingerprint density at radius 3 is 2.69 bits per heavy atom. The van der Waals surface area contributed by atoms with E-state index >= 15 is 0 Å². The second-order valence-corrected chi connectivity index (χ2v) is 8.03. The number of allylic oxidation sites excluding steroid dienone is 2. The predicted molar refractivity (Wildman–Crippen MR) is 133 cm³/mol. The SMILES string of the molecule is CN1CC=CC=C1c1oc(-c2ccccc2-c2cccc(OCC(=O)O)c2)nc1-c1ccccn1. The number of pyridine rings is 1. The molecule has 0 unspecified atom stereocenters. The molecule has 0 spiro atoms. The molecule has 35 heavy (non-hydrogen) atoms. The average molecular weight is 466 g/mol. The number of aliphatic carboxylic acids is 1. The lowest BCUT2D eigenvalue weighted by Gasteiger charge is -2.22. The fourth-order valence-electron chi connectivity index (χ4n) is 3.96. The Labute approximate surface area is 202 Å². The zero-order chi connectivity index (χ0) is 24.2. The van der Waals surface area contributed by atoms with Gasteiger partial charge in [0.25, 0.3) is 0 Å². The lowest BCUT2D eigenvalue weighted by atomic mass is 9.99. The molecule has 0 saturated heterocycles. The zero-order valence-electron chi connectivity index (χ0n) is 19.1. The van der Waals surface area contributed by atoms with Crippen LogP contribution in [0.4, 0.5) is 0 Å². The van der Waals surface area contributed by atoms with Gasteiger partial charge >= 0.3 is 5.97 Å². The van der Waals surface area contributed by atoms with Crippen molar-refractivity contribution >= 4 is 11.7 Å². The van der Waals surface area contributed by atoms with Gasteiger partial charge in [0.1, 0.15) is 11.4 Å². The van der Waals surface area contributed by atoms with Gasteiger partial charge in [-0.25, -0.2) is 9.78 Å². The third kappa shape index (κ3) is 4.70. The fraction of sp³-hybridized carbons (Fsp3) is 0.107. The maximum absolute atomic E-state index is 10.9. The number of ether oxygens (including phenoxy) is 1. The van der Waals surface area contributed by atoms with Gasteiger partial charge in [0.05, 0.1) is 11.4 Å². The van der Waals surface area contributed by atoms with Crippen LogP contribution in [0, 0.1) is 0 Å². The van der Waals surface area contributed by atoms with Crippen LogP contribution < -0.4 is 4.74 Å². The molecule has 0 amide bonds. The Morgan fingerprint density at radius 1 is 1.09 bits per heavy atom. The second kappa shape index (κ2) is 9.69. The zero-order valence-corrected chi connectivity index (χ0v) is 19.1. The van der Waals surface area contributed by atoms with Crippen LogP contribution in [0.25, 0.3) is 39.7 Å². The predicted octanol–water partition coefficient (Wildman–Crippen LogP) is 5.38. The van der Waals surface area contributed by atoms with E-state index in [2.05, 4.69) is 16.0 Å². The first-order chi connectivity index (χ1) is 17.1. The van der Waals surface area contributed by atoms with E-state index in [1.165, 1.54) is 0 Å². The molecule has 7 heteroatoms. The first-order valence-corrected chi connectivity index (χ1v) is 11.1. The molecule has 4 aromatic rings.